The van der Waals surface area contributed by atoms with E-state index in [4.69, 9.17) is 5.11 Å². The average Bonchev–Trinajstić information content (AvgIpc) is 1.27. The number of hydrogen-bond donors (Lipinski definition) is 2. The van der Waals surface area contributed by atoms with E-state index < -0.39 is 6.09 Å². The van der Waals surface area contributed by atoms with Gasteiger partial charge < -0.3 is 10.4 Å². The summed E-state index contributed by atoms with van der Waals surface area (Å²) in [7, 11) is 0. The van der Waals surface area contributed by atoms with E-state index >= 15 is 0 Å². The van der Waals surface area contributed by atoms with Crippen molar-refractivity contribution in [3.05, 3.63) is 0 Å². The lowest BCUT2D eigenvalue weighted by Crippen LogP contribution is -2.27. The van der Waals surface area contributed by atoms with Crippen LogP contribution in [0.1, 0.15) is 13.8 Å². The fourth-order valence-corrected chi connectivity index (χ4v) is 0.247. The molecule has 1 amide bonds. The Morgan fingerprint density at radius 3 is 2.14 bits per heavy atom. The maximum atomic E-state index is 9.70. The molecule has 0 fully saturated rings. The molecule has 0 aromatic carbocycles. The van der Waals surface area contributed by atoms with Crippen molar-refractivity contribution in [1.29, 1.82) is 0 Å². The summed E-state index contributed by atoms with van der Waals surface area (Å²) in [6, 6.07) is 0.0255. The van der Waals surface area contributed by atoms with Gasteiger partial charge >= 0.3 is 6.09 Å². The number of carboxylic acid groups (broad SMARTS) is 1. The van der Waals surface area contributed by atoms with Gasteiger partial charge in [-0.15, -0.1) is 0 Å². The Labute approximate surface area is 42.3 Å². The molecule has 0 aliphatic heterocycles. The SMILES string of the molecule is CC(C)NC(=O)O. The zero-order valence-electron chi connectivity index (χ0n) is 4.43. The second kappa shape index (κ2) is 2.44. The smallest absolute Gasteiger partial charge is 0.404 e. The highest BCUT2D eigenvalue weighted by Gasteiger charge is 1.94. The van der Waals surface area contributed by atoms with Gasteiger partial charge in [-0.3, -0.25) is 0 Å². The summed E-state index contributed by atoms with van der Waals surface area (Å²) < 4.78 is 0. The lowest BCUT2D eigenvalue weighted by molar-refractivity contribution is 0.191. The predicted molar refractivity (Wildman–Crippen MR) is 26.3 cm³/mol. The van der Waals surface area contributed by atoms with E-state index in [2.05, 4.69) is 5.32 Å². The third-order valence-corrected chi connectivity index (χ3v) is 0.412. The highest BCUT2D eigenvalue weighted by Crippen LogP contribution is 1.72. The van der Waals surface area contributed by atoms with Crippen LogP contribution in [0.5, 0.6) is 0 Å². The van der Waals surface area contributed by atoms with E-state index in [1.807, 2.05) is 0 Å². The van der Waals surface area contributed by atoms with Crippen molar-refractivity contribution < 1.29 is 9.90 Å². The van der Waals surface area contributed by atoms with E-state index in [0.29, 0.717) is 0 Å². The normalized spacial score (nSPS) is 9.00. The lowest BCUT2D eigenvalue weighted by atomic mass is 10.4. The van der Waals surface area contributed by atoms with Crippen LogP contribution in [0.25, 0.3) is 0 Å². The molecule has 0 aliphatic carbocycles. The van der Waals surface area contributed by atoms with Gasteiger partial charge in [-0.2, -0.15) is 0 Å². The van der Waals surface area contributed by atoms with Crippen molar-refractivity contribution in [1.82, 2.24) is 5.32 Å². The topological polar surface area (TPSA) is 49.3 Å². The molecule has 3 heteroatoms. The molecule has 0 saturated carbocycles. The molecule has 0 unspecified atom stereocenters. The van der Waals surface area contributed by atoms with Crippen LogP contribution >= 0.6 is 0 Å². The van der Waals surface area contributed by atoms with Crippen molar-refractivity contribution in [2.45, 2.75) is 19.9 Å². The molecular formula is C4H9NO2. The fourth-order valence-electron chi connectivity index (χ4n) is 0.247. The number of carbonyl (C=O) groups is 1. The second-order valence-electron chi connectivity index (χ2n) is 1.60. The molecule has 0 spiro atoms. The second-order valence-corrected chi connectivity index (χ2v) is 1.60. The molecule has 0 heterocycles. The van der Waals surface area contributed by atoms with Crippen LogP contribution in [0.2, 0.25) is 0 Å². The Hall–Kier alpha value is -0.730. The minimum Gasteiger partial charge on any atom is -0.465 e. The third kappa shape index (κ3) is 5.27. The maximum absolute atomic E-state index is 9.70. The average molecular weight is 103 g/mol. The highest BCUT2D eigenvalue weighted by atomic mass is 16.4. The molecule has 0 bridgehead atoms. The first-order valence-electron chi connectivity index (χ1n) is 2.12. The van der Waals surface area contributed by atoms with E-state index in [0.717, 1.165) is 0 Å². The van der Waals surface area contributed by atoms with Gasteiger partial charge in [0, 0.05) is 6.04 Å². The van der Waals surface area contributed by atoms with Crippen molar-refractivity contribution in [2.24, 2.45) is 0 Å². The quantitative estimate of drug-likeness (QED) is 0.512. The summed E-state index contributed by atoms with van der Waals surface area (Å²) in [5.41, 5.74) is 0. The van der Waals surface area contributed by atoms with Crippen LogP contribution in [0, 0.1) is 0 Å². The summed E-state index contributed by atoms with van der Waals surface area (Å²) in [6.45, 7) is 3.54. The Bertz CT molecular complexity index is 70.1. The lowest BCUT2D eigenvalue weighted by Gasteiger charge is -2.00. The number of amides is 1. The molecule has 0 atom stereocenters. The van der Waals surface area contributed by atoms with Crippen LogP contribution in [0.3, 0.4) is 0 Å². The summed E-state index contributed by atoms with van der Waals surface area (Å²) in [4.78, 5) is 9.70. The van der Waals surface area contributed by atoms with Crippen molar-refractivity contribution in [3.8, 4) is 0 Å². The predicted octanol–water partition coefficient (Wildman–Crippen LogP) is 0.662. The molecule has 0 aromatic heterocycles. The Morgan fingerprint density at radius 2 is 2.14 bits per heavy atom. The summed E-state index contributed by atoms with van der Waals surface area (Å²) in [5.74, 6) is 0. The molecule has 7 heavy (non-hydrogen) atoms. The number of hydrogen-bond acceptors (Lipinski definition) is 1. The maximum Gasteiger partial charge on any atom is 0.404 e. The number of nitrogens with one attached hydrogen (secondary N) is 1. The van der Waals surface area contributed by atoms with E-state index in [9.17, 15) is 4.79 Å². The van der Waals surface area contributed by atoms with Gasteiger partial charge in [0.05, 0.1) is 0 Å². The van der Waals surface area contributed by atoms with E-state index in [1.165, 1.54) is 0 Å². The third-order valence-electron chi connectivity index (χ3n) is 0.412. The molecule has 2 N–H and O–H groups in total. The molecule has 0 rings (SSSR count). The monoisotopic (exact) mass is 103 g/mol. The van der Waals surface area contributed by atoms with E-state index in [-0.39, 0.29) is 6.04 Å². The first-order valence-corrected chi connectivity index (χ1v) is 2.12. The highest BCUT2D eigenvalue weighted by molar-refractivity contribution is 5.64. The molecule has 0 aromatic rings. The van der Waals surface area contributed by atoms with Gasteiger partial charge in [-0.05, 0) is 13.8 Å². The Kier molecular flexibility index (Phi) is 2.19. The van der Waals surface area contributed by atoms with Gasteiger partial charge in [0.25, 0.3) is 0 Å². The minimum absolute atomic E-state index is 0.0255. The van der Waals surface area contributed by atoms with Crippen LogP contribution in [0.4, 0.5) is 4.79 Å². The van der Waals surface area contributed by atoms with E-state index in [1.54, 1.807) is 13.8 Å². The van der Waals surface area contributed by atoms with Crippen molar-refractivity contribution in [3.63, 3.8) is 0 Å². The summed E-state index contributed by atoms with van der Waals surface area (Å²) >= 11 is 0. The largest absolute Gasteiger partial charge is 0.465 e. The van der Waals surface area contributed by atoms with Crippen LogP contribution in [0.15, 0.2) is 0 Å². The molecule has 3 nitrogen and oxygen atoms in total. The first kappa shape index (κ1) is 6.27. The standard InChI is InChI=1S/C4H9NO2/c1-3(2)5-4(6)7/h3,5H,1-2H3,(H,6,7). The van der Waals surface area contributed by atoms with Gasteiger partial charge in [0.1, 0.15) is 0 Å². The van der Waals surface area contributed by atoms with Crippen LogP contribution in [-0.4, -0.2) is 17.2 Å². The Balaban J connectivity index is 3.13. The molecular weight excluding hydrogens is 94.0 g/mol. The van der Waals surface area contributed by atoms with Gasteiger partial charge in [-0.25, -0.2) is 4.79 Å². The molecule has 0 aliphatic rings. The van der Waals surface area contributed by atoms with Crippen LogP contribution < -0.4 is 5.32 Å². The van der Waals surface area contributed by atoms with Gasteiger partial charge in [0.2, 0.25) is 0 Å². The number of rotatable bonds is 1. The summed E-state index contributed by atoms with van der Waals surface area (Å²) in [5, 5.41) is 10.2. The van der Waals surface area contributed by atoms with Gasteiger partial charge in [-0.1, -0.05) is 0 Å². The van der Waals surface area contributed by atoms with Crippen molar-refractivity contribution >= 4 is 6.09 Å². The molecule has 0 saturated heterocycles. The van der Waals surface area contributed by atoms with Crippen LogP contribution in [-0.2, 0) is 0 Å². The fraction of sp³-hybridized carbons (Fsp3) is 0.750. The Morgan fingerprint density at radius 1 is 1.71 bits per heavy atom. The zero-order chi connectivity index (χ0) is 5.86. The minimum atomic E-state index is -0.963. The molecule has 0 radical (unpaired) electrons. The first-order chi connectivity index (χ1) is 3.13. The molecule has 42 valence electrons. The summed E-state index contributed by atoms with van der Waals surface area (Å²) in [6.07, 6.45) is -0.963. The zero-order valence-corrected chi connectivity index (χ0v) is 4.43. The van der Waals surface area contributed by atoms with Gasteiger partial charge in [0.15, 0.2) is 0 Å². The van der Waals surface area contributed by atoms with Crippen molar-refractivity contribution in [2.75, 3.05) is 0 Å².